The summed E-state index contributed by atoms with van der Waals surface area (Å²) >= 11 is 0. The maximum absolute atomic E-state index is 13.2. The molecule has 3 aromatic rings. The molecule has 0 bridgehead atoms. The Kier molecular flexibility index (Phi) is 6.35. The summed E-state index contributed by atoms with van der Waals surface area (Å²) in [5.74, 6) is 0.832. The van der Waals surface area contributed by atoms with E-state index in [1.165, 1.54) is 28.8 Å². The van der Waals surface area contributed by atoms with Gasteiger partial charge >= 0.3 is 0 Å². The zero-order valence-corrected chi connectivity index (χ0v) is 17.7. The Morgan fingerprint density at radius 2 is 1.91 bits per heavy atom. The highest BCUT2D eigenvalue weighted by Crippen LogP contribution is 2.34. The van der Waals surface area contributed by atoms with Crippen LogP contribution in [0.3, 0.4) is 0 Å². The summed E-state index contributed by atoms with van der Waals surface area (Å²) in [5.41, 5.74) is 1.43. The van der Waals surface area contributed by atoms with Gasteiger partial charge in [0, 0.05) is 35.2 Å². The zero-order valence-electron chi connectivity index (χ0n) is 16.9. The zero-order chi connectivity index (χ0) is 22.6. The molecule has 32 heavy (non-hydrogen) atoms. The summed E-state index contributed by atoms with van der Waals surface area (Å²) in [4.78, 5) is 10.9. The normalized spacial score (nSPS) is 13.8. The highest BCUT2D eigenvalue weighted by atomic mass is 32.2. The Balaban J connectivity index is 1.71. The number of non-ortho nitro benzene ring substituents is 1. The van der Waals surface area contributed by atoms with Gasteiger partial charge in [-0.2, -0.15) is 4.31 Å². The Morgan fingerprint density at radius 1 is 1.09 bits per heavy atom. The minimum absolute atomic E-state index is 0.0172. The number of hydrogen-bond donors (Lipinski definition) is 0. The van der Waals surface area contributed by atoms with Gasteiger partial charge in [0.15, 0.2) is 6.79 Å². The molecule has 0 aliphatic carbocycles. The molecule has 1 aromatic heterocycles. The lowest BCUT2D eigenvalue weighted by Crippen LogP contribution is -2.29. The molecule has 0 amide bonds. The average molecular weight is 456 g/mol. The quantitative estimate of drug-likeness (QED) is 0.371. The van der Waals surface area contributed by atoms with Crippen molar-refractivity contribution >= 4 is 21.8 Å². The number of fused-ring (bicyclic) bond motifs is 1. The van der Waals surface area contributed by atoms with E-state index in [1.807, 2.05) is 18.2 Å². The standard InChI is InChI=1S/C22H20N2O7S/c25-24(26)20-11-18(22-19(12-20)15-29-16-31-22)13-23(14-21-7-4-9-30-21)32(27,28)10-8-17-5-2-1-3-6-17/h1-12H,13-16H2/b10-8+. The molecule has 0 saturated carbocycles. The molecule has 0 atom stereocenters. The minimum atomic E-state index is -3.92. The van der Waals surface area contributed by atoms with Crippen LogP contribution in [0.5, 0.6) is 5.75 Å². The van der Waals surface area contributed by atoms with Gasteiger partial charge in [0.1, 0.15) is 11.5 Å². The number of benzene rings is 2. The molecule has 166 valence electrons. The van der Waals surface area contributed by atoms with Crippen LogP contribution < -0.4 is 4.74 Å². The molecule has 4 rings (SSSR count). The Labute approximate surface area is 184 Å². The van der Waals surface area contributed by atoms with E-state index in [0.717, 1.165) is 11.0 Å². The molecule has 0 N–H and O–H groups in total. The van der Waals surface area contributed by atoms with Gasteiger partial charge < -0.3 is 13.9 Å². The third kappa shape index (κ3) is 5.05. The van der Waals surface area contributed by atoms with E-state index in [4.69, 9.17) is 13.9 Å². The monoisotopic (exact) mass is 456 g/mol. The van der Waals surface area contributed by atoms with Crippen molar-refractivity contribution in [1.82, 2.24) is 4.31 Å². The lowest BCUT2D eigenvalue weighted by atomic mass is 10.1. The number of nitro groups is 1. The first-order valence-electron chi connectivity index (χ1n) is 9.69. The Hall–Kier alpha value is -3.47. The van der Waals surface area contributed by atoms with Crippen molar-refractivity contribution in [1.29, 1.82) is 0 Å². The first-order valence-corrected chi connectivity index (χ1v) is 11.2. The summed E-state index contributed by atoms with van der Waals surface area (Å²) in [6.45, 7) is -0.0753. The van der Waals surface area contributed by atoms with Crippen molar-refractivity contribution < 1.29 is 27.2 Å². The van der Waals surface area contributed by atoms with Crippen molar-refractivity contribution in [3.8, 4) is 5.75 Å². The first-order chi connectivity index (χ1) is 15.4. The maximum atomic E-state index is 13.2. The summed E-state index contributed by atoms with van der Waals surface area (Å²) in [6.07, 6.45) is 2.95. The fourth-order valence-electron chi connectivity index (χ4n) is 3.32. The van der Waals surface area contributed by atoms with Crippen LogP contribution in [-0.2, 0) is 34.5 Å². The first kappa shape index (κ1) is 21.8. The lowest BCUT2D eigenvalue weighted by Gasteiger charge is -2.24. The largest absolute Gasteiger partial charge is 0.468 e. The third-order valence-electron chi connectivity index (χ3n) is 4.83. The molecule has 0 radical (unpaired) electrons. The van der Waals surface area contributed by atoms with Crippen molar-refractivity contribution in [2.45, 2.75) is 19.7 Å². The molecule has 9 nitrogen and oxygen atoms in total. The minimum Gasteiger partial charge on any atom is -0.468 e. The fourth-order valence-corrected chi connectivity index (χ4v) is 4.45. The molecule has 1 aliphatic rings. The molecule has 0 saturated heterocycles. The molecule has 2 heterocycles. The molecular weight excluding hydrogens is 436 g/mol. The summed E-state index contributed by atoms with van der Waals surface area (Å²) in [7, 11) is -3.92. The topological polar surface area (TPSA) is 112 Å². The number of nitro benzene ring substituents is 1. The van der Waals surface area contributed by atoms with Gasteiger partial charge in [-0.25, -0.2) is 8.42 Å². The summed E-state index contributed by atoms with van der Waals surface area (Å²) in [5, 5.41) is 12.5. The van der Waals surface area contributed by atoms with Crippen LogP contribution in [0.4, 0.5) is 5.69 Å². The van der Waals surface area contributed by atoms with Crippen molar-refractivity contribution in [3.63, 3.8) is 0 Å². The van der Waals surface area contributed by atoms with E-state index >= 15 is 0 Å². The number of nitrogens with zero attached hydrogens (tertiary/aromatic N) is 2. The number of hydrogen-bond acceptors (Lipinski definition) is 7. The van der Waals surface area contributed by atoms with Gasteiger partial charge in [0.05, 0.1) is 24.3 Å². The van der Waals surface area contributed by atoms with Gasteiger partial charge in [-0.3, -0.25) is 10.1 Å². The van der Waals surface area contributed by atoms with Gasteiger partial charge in [0.25, 0.3) is 5.69 Å². The van der Waals surface area contributed by atoms with Crippen LogP contribution in [0.2, 0.25) is 0 Å². The van der Waals surface area contributed by atoms with E-state index in [9.17, 15) is 18.5 Å². The van der Waals surface area contributed by atoms with E-state index in [1.54, 1.807) is 24.3 Å². The van der Waals surface area contributed by atoms with Crippen LogP contribution in [0.25, 0.3) is 6.08 Å². The van der Waals surface area contributed by atoms with Gasteiger partial charge in [-0.1, -0.05) is 30.3 Å². The second-order valence-electron chi connectivity index (χ2n) is 7.07. The lowest BCUT2D eigenvalue weighted by molar-refractivity contribution is -0.385. The number of sulfonamides is 1. The van der Waals surface area contributed by atoms with Crippen molar-refractivity contribution in [2.75, 3.05) is 6.79 Å². The summed E-state index contributed by atoms with van der Waals surface area (Å²) < 4.78 is 43.8. The van der Waals surface area contributed by atoms with Crippen LogP contribution in [0.15, 0.2) is 70.7 Å². The second-order valence-corrected chi connectivity index (χ2v) is 8.89. The third-order valence-corrected chi connectivity index (χ3v) is 6.29. The van der Waals surface area contributed by atoms with Gasteiger partial charge in [-0.15, -0.1) is 0 Å². The van der Waals surface area contributed by atoms with Crippen LogP contribution in [-0.4, -0.2) is 24.4 Å². The van der Waals surface area contributed by atoms with E-state index < -0.39 is 14.9 Å². The maximum Gasteiger partial charge on any atom is 0.270 e. The SMILES string of the molecule is O=[N+]([O-])c1cc2c(c(CN(Cc3ccco3)S(=O)(=O)/C=C/c3ccccc3)c1)OCOC2. The summed E-state index contributed by atoms with van der Waals surface area (Å²) in [6, 6.07) is 15.1. The van der Waals surface area contributed by atoms with E-state index in [-0.39, 0.29) is 32.2 Å². The predicted molar refractivity (Wildman–Crippen MR) is 116 cm³/mol. The highest BCUT2D eigenvalue weighted by molar-refractivity contribution is 7.92. The molecule has 1 aliphatic heterocycles. The van der Waals surface area contributed by atoms with E-state index in [0.29, 0.717) is 22.6 Å². The molecule has 0 fully saturated rings. The predicted octanol–water partition coefficient (Wildman–Crippen LogP) is 4.06. The van der Waals surface area contributed by atoms with Crippen molar-refractivity contribution in [3.05, 3.63) is 98.8 Å². The van der Waals surface area contributed by atoms with E-state index in [2.05, 4.69) is 0 Å². The second kappa shape index (κ2) is 9.35. The van der Waals surface area contributed by atoms with Crippen LogP contribution >= 0.6 is 0 Å². The fraction of sp³-hybridized carbons (Fsp3) is 0.182. The molecule has 2 aromatic carbocycles. The highest BCUT2D eigenvalue weighted by Gasteiger charge is 2.27. The van der Waals surface area contributed by atoms with Crippen molar-refractivity contribution in [2.24, 2.45) is 0 Å². The Bertz CT molecular complexity index is 1220. The number of rotatable bonds is 8. The van der Waals surface area contributed by atoms with Gasteiger partial charge in [-0.05, 0) is 23.8 Å². The number of furan rings is 1. The number of ether oxygens (including phenoxy) is 2. The molecule has 0 spiro atoms. The average Bonchev–Trinajstić information content (AvgIpc) is 3.31. The van der Waals surface area contributed by atoms with Crippen LogP contribution in [0.1, 0.15) is 22.5 Å². The molecule has 10 heteroatoms. The Morgan fingerprint density at radius 3 is 2.62 bits per heavy atom. The molecule has 0 unspecified atom stereocenters. The molecular formula is C22H20N2O7S. The van der Waals surface area contributed by atoms with Gasteiger partial charge in [0.2, 0.25) is 10.0 Å². The smallest absolute Gasteiger partial charge is 0.270 e. The van der Waals surface area contributed by atoms with Crippen LogP contribution in [0, 0.1) is 10.1 Å².